The summed E-state index contributed by atoms with van der Waals surface area (Å²) in [7, 11) is 4.58. The highest BCUT2D eigenvalue weighted by atomic mass is 35.5. The zero-order valence-electron chi connectivity index (χ0n) is 16.9. The van der Waals surface area contributed by atoms with Gasteiger partial charge < -0.3 is 24.8 Å². The highest BCUT2D eigenvalue weighted by molar-refractivity contribution is 7.80. The number of hydrogen-bond acceptors (Lipinski definition) is 6. The highest BCUT2D eigenvalue weighted by Crippen LogP contribution is 2.37. The molecular formula is C21H21ClN2O4S2. The van der Waals surface area contributed by atoms with Gasteiger partial charge in [-0.25, -0.2) is 4.79 Å². The summed E-state index contributed by atoms with van der Waals surface area (Å²) >= 11 is 13.1. The zero-order valence-corrected chi connectivity index (χ0v) is 19.3. The Morgan fingerprint density at radius 2 is 1.90 bits per heavy atom. The molecule has 1 unspecified atom stereocenters. The van der Waals surface area contributed by atoms with Gasteiger partial charge in [-0.3, -0.25) is 0 Å². The van der Waals surface area contributed by atoms with Crippen LogP contribution in [0.4, 0.5) is 5.69 Å². The van der Waals surface area contributed by atoms with Crippen molar-refractivity contribution >= 4 is 62.0 Å². The first kappa shape index (κ1) is 22.1. The van der Waals surface area contributed by atoms with Crippen LogP contribution in [0, 0.1) is 0 Å². The standard InChI is InChI=1S/C21H21ClN2O4S2/c1-11(15-10-13(26-2)6-8-16(15)27-3)23-21(29)24-12-5-7-14-17(9-12)30-19(18(14)22)20(25)28-4/h5-11H,1-4H3,(H2,23,24,29). The van der Waals surface area contributed by atoms with Crippen LogP contribution in [-0.2, 0) is 4.74 Å². The molecule has 0 saturated heterocycles. The summed E-state index contributed by atoms with van der Waals surface area (Å²) in [6.45, 7) is 1.98. The number of carbonyl (C=O) groups is 1. The molecule has 1 heterocycles. The molecular weight excluding hydrogens is 444 g/mol. The van der Waals surface area contributed by atoms with E-state index in [-0.39, 0.29) is 6.04 Å². The van der Waals surface area contributed by atoms with Crippen molar-refractivity contribution in [3.8, 4) is 11.5 Å². The maximum absolute atomic E-state index is 11.9. The lowest BCUT2D eigenvalue weighted by Gasteiger charge is -2.20. The molecule has 158 valence electrons. The maximum atomic E-state index is 11.9. The molecule has 0 spiro atoms. The molecule has 1 aromatic heterocycles. The van der Waals surface area contributed by atoms with Gasteiger partial charge in [-0.1, -0.05) is 11.6 Å². The fourth-order valence-corrected chi connectivity index (χ4v) is 4.75. The number of esters is 1. The summed E-state index contributed by atoms with van der Waals surface area (Å²) in [5, 5.41) is 8.05. The van der Waals surface area contributed by atoms with Crippen LogP contribution in [0.25, 0.3) is 10.1 Å². The van der Waals surface area contributed by atoms with Gasteiger partial charge in [-0.15, -0.1) is 11.3 Å². The molecule has 1 atom stereocenters. The monoisotopic (exact) mass is 464 g/mol. The fourth-order valence-electron chi connectivity index (χ4n) is 2.99. The van der Waals surface area contributed by atoms with Crippen molar-refractivity contribution in [2.75, 3.05) is 26.6 Å². The molecule has 0 aliphatic carbocycles. The summed E-state index contributed by atoms with van der Waals surface area (Å²) in [5.74, 6) is 1.03. The minimum atomic E-state index is -0.450. The van der Waals surface area contributed by atoms with Crippen LogP contribution in [0.3, 0.4) is 0 Å². The van der Waals surface area contributed by atoms with E-state index in [1.54, 1.807) is 14.2 Å². The van der Waals surface area contributed by atoms with Crippen molar-refractivity contribution in [3.05, 3.63) is 51.9 Å². The quantitative estimate of drug-likeness (QED) is 0.373. The number of benzene rings is 2. The minimum absolute atomic E-state index is 0.124. The van der Waals surface area contributed by atoms with E-state index in [9.17, 15) is 4.79 Å². The Hall–Kier alpha value is -2.55. The van der Waals surface area contributed by atoms with Crippen LogP contribution in [0.15, 0.2) is 36.4 Å². The highest BCUT2D eigenvalue weighted by Gasteiger charge is 2.18. The third kappa shape index (κ3) is 4.61. The molecule has 0 radical (unpaired) electrons. The molecule has 6 nitrogen and oxygen atoms in total. The summed E-state index contributed by atoms with van der Waals surface area (Å²) in [5.41, 5.74) is 1.70. The summed E-state index contributed by atoms with van der Waals surface area (Å²) in [6, 6.07) is 11.1. The maximum Gasteiger partial charge on any atom is 0.349 e. The second kappa shape index (κ2) is 9.51. The predicted octanol–water partition coefficient (Wildman–Crippen LogP) is 5.41. The molecule has 0 bridgehead atoms. The van der Waals surface area contributed by atoms with E-state index in [2.05, 4.69) is 10.6 Å². The predicted molar refractivity (Wildman–Crippen MR) is 125 cm³/mol. The van der Waals surface area contributed by atoms with Crippen molar-refractivity contribution in [1.82, 2.24) is 5.32 Å². The Bertz CT molecular complexity index is 1100. The number of hydrogen-bond donors (Lipinski definition) is 2. The molecule has 0 aliphatic heterocycles. The van der Waals surface area contributed by atoms with Crippen LogP contribution in [-0.4, -0.2) is 32.4 Å². The molecule has 2 aromatic carbocycles. The number of thiocarbonyl (C=S) groups is 1. The molecule has 9 heteroatoms. The Labute approximate surface area is 189 Å². The Morgan fingerprint density at radius 1 is 1.13 bits per heavy atom. The number of rotatable bonds is 6. The first-order valence-corrected chi connectivity index (χ1v) is 10.6. The number of carbonyl (C=O) groups excluding carboxylic acids is 1. The topological polar surface area (TPSA) is 68.8 Å². The Morgan fingerprint density at radius 3 is 2.57 bits per heavy atom. The largest absolute Gasteiger partial charge is 0.497 e. The van der Waals surface area contributed by atoms with Crippen LogP contribution < -0.4 is 20.1 Å². The lowest BCUT2D eigenvalue weighted by molar-refractivity contribution is 0.0606. The van der Waals surface area contributed by atoms with E-state index in [0.717, 1.165) is 32.8 Å². The van der Waals surface area contributed by atoms with Crippen LogP contribution >= 0.6 is 35.2 Å². The van der Waals surface area contributed by atoms with Gasteiger partial charge in [0.25, 0.3) is 0 Å². The third-order valence-corrected chi connectivity index (χ3v) is 6.37. The molecule has 30 heavy (non-hydrogen) atoms. The first-order chi connectivity index (χ1) is 14.4. The van der Waals surface area contributed by atoms with Gasteiger partial charge in [0.15, 0.2) is 5.11 Å². The second-order valence-electron chi connectivity index (χ2n) is 6.38. The zero-order chi connectivity index (χ0) is 21.8. The normalized spacial score (nSPS) is 11.6. The molecule has 2 N–H and O–H groups in total. The van der Waals surface area contributed by atoms with Gasteiger partial charge in [0.1, 0.15) is 16.4 Å². The molecule has 0 fully saturated rings. The van der Waals surface area contributed by atoms with E-state index in [0.29, 0.717) is 15.0 Å². The van der Waals surface area contributed by atoms with E-state index in [1.807, 2.05) is 43.3 Å². The van der Waals surface area contributed by atoms with E-state index in [4.69, 9.17) is 38.0 Å². The van der Waals surface area contributed by atoms with Gasteiger partial charge >= 0.3 is 5.97 Å². The molecule has 3 rings (SSSR count). The Kier molecular flexibility index (Phi) is 7.02. The van der Waals surface area contributed by atoms with Crippen LogP contribution in [0.5, 0.6) is 11.5 Å². The van der Waals surface area contributed by atoms with Gasteiger partial charge in [0.05, 0.1) is 32.4 Å². The second-order valence-corrected chi connectivity index (χ2v) is 8.21. The third-order valence-electron chi connectivity index (χ3n) is 4.51. The smallest absolute Gasteiger partial charge is 0.349 e. The number of fused-ring (bicyclic) bond motifs is 1. The molecule has 3 aromatic rings. The minimum Gasteiger partial charge on any atom is -0.497 e. The van der Waals surface area contributed by atoms with Gasteiger partial charge in [-0.05, 0) is 55.5 Å². The molecule has 0 aliphatic rings. The number of thiophene rings is 1. The molecule has 0 amide bonds. The van der Waals surface area contributed by atoms with Gasteiger partial charge in [0.2, 0.25) is 0 Å². The van der Waals surface area contributed by atoms with Crippen LogP contribution in [0.2, 0.25) is 5.02 Å². The number of ether oxygens (including phenoxy) is 3. The summed E-state index contributed by atoms with van der Waals surface area (Å²) < 4.78 is 16.4. The summed E-state index contributed by atoms with van der Waals surface area (Å²) in [6.07, 6.45) is 0. The van der Waals surface area contributed by atoms with Crippen molar-refractivity contribution in [1.29, 1.82) is 0 Å². The average molecular weight is 465 g/mol. The van der Waals surface area contributed by atoms with Crippen molar-refractivity contribution in [3.63, 3.8) is 0 Å². The number of nitrogens with one attached hydrogen (secondary N) is 2. The SMILES string of the molecule is COC(=O)c1sc2cc(NC(=S)NC(C)c3cc(OC)ccc3OC)ccc2c1Cl. The van der Waals surface area contributed by atoms with E-state index in [1.165, 1.54) is 18.4 Å². The first-order valence-electron chi connectivity index (χ1n) is 8.97. The van der Waals surface area contributed by atoms with Crippen molar-refractivity contribution in [2.45, 2.75) is 13.0 Å². The van der Waals surface area contributed by atoms with Gasteiger partial charge in [0, 0.05) is 21.3 Å². The lowest BCUT2D eigenvalue weighted by atomic mass is 10.1. The van der Waals surface area contributed by atoms with Gasteiger partial charge in [-0.2, -0.15) is 0 Å². The lowest BCUT2D eigenvalue weighted by Crippen LogP contribution is -2.31. The number of halogens is 1. The van der Waals surface area contributed by atoms with Crippen molar-refractivity contribution in [2.24, 2.45) is 0 Å². The molecule has 0 saturated carbocycles. The van der Waals surface area contributed by atoms with E-state index >= 15 is 0 Å². The Balaban J connectivity index is 1.76. The number of methoxy groups -OCH3 is 3. The van der Waals surface area contributed by atoms with E-state index < -0.39 is 5.97 Å². The average Bonchev–Trinajstić information content (AvgIpc) is 3.08. The summed E-state index contributed by atoms with van der Waals surface area (Å²) in [4.78, 5) is 12.2. The fraction of sp³-hybridized carbons (Fsp3) is 0.238. The number of anilines is 1. The van der Waals surface area contributed by atoms with Crippen molar-refractivity contribution < 1.29 is 19.0 Å². The van der Waals surface area contributed by atoms with Crippen LogP contribution in [0.1, 0.15) is 28.2 Å².